The van der Waals surface area contributed by atoms with E-state index in [0.717, 1.165) is 28.9 Å². The highest BCUT2D eigenvalue weighted by Crippen LogP contribution is 2.37. The zero-order valence-corrected chi connectivity index (χ0v) is 11.3. The van der Waals surface area contributed by atoms with Gasteiger partial charge >= 0.3 is 0 Å². The van der Waals surface area contributed by atoms with E-state index < -0.39 is 5.97 Å². The molecule has 0 unspecified atom stereocenters. The van der Waals surface area contributed by atoms with Crippen LogP contribution in [0.5, 0.6) is 0 Å². The minimum absolute atomic E-state index is 0.0160. The van der Waals surface area contributed by atoms with Crippen molar-refractivity contribution in [3.8, 4) is 0 Å². The zero-order valence-electron chi connectivity index (χ0n) is 10.4. The minimum Gasteiger partial charge on any atom is -0.550 e. The van der Waals surface area contributed by atoms with Crippen LogP contribution in [0.25, 0.3) is 10.2 Å². The molecule has 2 heterocycles. The summed E-state index contributed by atoms with van der Waals surface area (Å²) in [6, 6.07) is 0. The molecule has 1 N–H and O–H groups in total. The number of hydrogen-bond donors (Lipinski definition) is 1. The van der Waals surface area contributed by atoms with Crippen molar-refractivity contribution in [1.29, 1.82) is 0 Å². The summed E-state index contributed by atoms with van der Waals surface area (Å²) < 4.78 is 0. The molecule has 1 aliphatic rings. The molecule has 2 aromatic rings. The molecule has 0 bridgehead atoms. The lowest BCUT2D eigenvalue weighted by Gasteiger charge is -2.12. The Morgan fingerprint density at radius 3 is 3.05 bits per heavy atom. The van der Waals surface area contributed by atoms with Crippen LogP contribution in [0.3, 0.4) is 0 Å². The largest absolute Gasteiger partial charge is 0.550 e. The number of carbonyl (C=O) groups excluding carboxylic acids is 1. The van der Waals surface area contributed by atoms with Crippen LogP contribution in [-0.2, 0) is 17.6 Å². The highest BCUT2D eigenvalue weighted by atomic mass is 32.1. The van der Waals surface area contributed by atoms with E-state index in [1.165, 1.54) is 29.6 Å². The predicted octanol–water partition coefficient (Wildman–Crippen LogP) is 1.12. The van der Waals surface area contributed by atoms with Crippen LogP contribution >= 0.6 is 11.3 Å². The number of carbonyl (C=O) groups is 1. The van der Waals surface area contributed by atoms with E-state index in [1.807, 2.05) is 0 Å². The highest BCUT2D eigenvalue weighted by Gasteiger charge is 2.19. The molecule has 2 aromatic heterocycles. The van der Waals surface area contributed by atoms with Gasteiger partial charge in [0, 0.05) is 23.8 Å². The maximum Gasteiger partial charge on any atom is 0.138 e. The molecule has 0 radical (unpaired) electrons. The molecule has 0 saturated heterocycles. The summed E-state index contributed by atoms with van der Waals surface area (Å²) in [6.45, 7) is 0.332. The van der Waals surface area contributed by atoms with Crippen molar-refractivity contribution < 1.29 is 9.90 Å². The molecular weight excluding hydrogens is 262 g/mol. The van der Waals surface area contributed by atoms with Crippen LogP contribution in [0.4, 0.5) is 5.82 Å². The summed E-state index contributed by atoms with van der Waals surface area (Å²) in [7, 11) is 0. The van der Waals surface area contributed by atoms with Crippen molar-refractivity contribution in [2.45, 2.75) is 32.1 Å². The number of aryl methyl sites for hydroxylation is 2. The van der Waals surface area contributed by atoms with Gasteiger partial charge in [0.25, 0.3) is 0 Å². The molecular formula is C13H14N3O2S-. The lowest BCUT2D eigenvalue weighted by Crippen LogP contribution is -2.24. The molecule has 5 nitrogen and oxygen atoms in total. The molecule has 3 rings (SSSR count). The number of rotatable bonds is 4. The molecule has 0 aromatic carbocycles. The summed E-state index contributed by atoms with van der Waals surface area (Å²) in [5.74, 6) is -0.296. The van der Waals surface area contributed by atoms with E-state index in [9.17, 15) is 9.90 Å². The third-order valence-corrected chi connectivity index (χ3v) is 4.57. The van der Waals surface area contributed by atoms with Gasteiger partial charge in [0.05, 0.1) is 5.39 Å². The maximum absolute atomic E-state index is 10.5. The van der Waals surface area contributed by atoms with Gasteiger partial charge in [-0.1, -0.05) is 0 Å². The lowest BCUT2D eigenvalue weighted by molar-refractivity contribution is -0.305. The van der Waals surface area contributed by atoms with E-state index in [-0.39, 0.29) is 6.42 Å². The molecule has 0 atom stereocenters. The van der Waals surface area contributed by atoms with Gasteiger partial charge in [-0.05, 0) is 31.2 Å². The van der Waals surface area contributed by atoms with Crippen LogP contribution in [0, 0.1) is 0 Å². The van der Waals surface area contributed by atoms with E-state index in [4.69, 9.17) is 0 Å². The maximum atomic E-state index is 10.5. The normalized spacial score (nSPS) is 14.3. The molecule has 0 spiro atoms. The number of fused-ring (bicyclic) bond motifs is 3. The monoisotopic (exact) mass is 276 g/mol. The average molecular weight is 276 g/mol. The number of carboxylic acids is 1. The molecule has 0 fully saturated rings. The van der Waals surface area contributed by atoms with E-state index in [0.29, 0.717) is 6.54 Å². The molecule has 0 saturated carbocycles. The van der Waals surface area contributed by atoms with Crippen LogP contribution in [-0.4, -0.2) is 22.5 Å². The van der Waals surface area contributed by atoms with Gasteiger partial charge in [-0.3, -0.25) is 0 Å². The number of aliphatic carboxylic acids is 1. The van der Waals surface area contributed by atoms with Crippen LogP contribution in [0.2, 0.25) is 0 Å². The fraction of sp³-hybridized carbons (Fsp3) is 0.462. The van der Waals surface area contributed by atoms with Gasteiger partial charge in [-0.2, -0.15) is 0 Å². The molecule has 19 heavy (non-hydrogen) atoms. The quantitative estimate of drug-likeness (QED) is 0.905. The van der Waals surface area contributed by atoms with Crippen molar-refractivity contribution >= 4 is 33.3 Å². The number of nitrogens with one attached hydrogen (secondary N) is 1. The first kappa shape index (κ1) is 12.3. The number of anilines is 1. The Kier molecular flexibility index (Phi) is 3.33. The first-order valence-corrected chi connectivity index (χ1v) is 7.26. The smallest absolute Gasteiger partial charge is 0.138 e. The van der Waals surface area contributed by atoms with Crippen LogP contribution in [0.15, 0.2) is 6.33 Å². The fourth-order valence-corrected chi connectivity index (χ4v) is 3.74. The fourth-order valence-electron chi connectivity index (χ4n) is 2.51. The van der Waals surface area contributed by atoms with Crippen LogP contribution in [0.1, 0.15) is 29.7 Å². The summed E-state index contributed by atoms with van der Waals surface area (Å²) in [6.07, 6.45) is 6.14. The number of hydrogen-bond acceptors (Lipinski definition) is 6. The Hall–Kier alpha value is -1.69. The predicted molar refractivity (Wildman–Crippen MR) is 72.2 cm³/mol. The molecule has 6 heteroatoms. The van der Waals surface area contributed by atoms with Crippen molar-refractivity contribution in [1.82, 2.24) is 9.97 Å². The first-order valence-electron chi connectivity index (χ1n) is 6.44. The molecule has 0 aliphatic heterocycles. The standard InChI is InChI=1S/C13H15N3O2S/c17-10(18)5-6-14-12-11-8-3-1-2-4-9(8)19-13(11)16-7-15-12/h7H,1-6H2,(H,17,18)(H,14,15,16)/p-1. The lowest BCUT2D eigenvalue weighted by atomic mass is 9.97. The number of carboxylic acid groups (broad SMARTS) is 1. The number of nitrogens with zero attached hydrogens (tertiary/aromatic N) is 2. The van der Waals surface area contributed by atoms with Crippen molar-refractivity contribution in [3.05, 3.63) is 16.8 Å². The SMILES string of the molecule is O=C([O-])CCNc1ncnc2sc3c(c12)CCCC3. The van der Waals surface area contributed by atoms with E-state index in [1.54, 1.807) is 11.3 Å². The molecule has 100 valence electrons. The second kappa shape index (κ2) is 5.13. The zero-order chi connectivity index (χ0) is 13.2. The van der Waals surface area contributed by atoms with Gasteiger partial charge < -0.3 is 15.2 Å². The van der Waals surface area contributed by atoms with Crippen molar-refractivity contribution in [2.75, 3.05) is 11.9 Å². The highest BCUT2D eigenvalue weighted by molar-refractivity contribution is 7.19. The molecule has 1 aliphatic carbocycles. The van der Waals surface area contributed by atoms with Crippen molar-refractivity contribution in [2.24, 2.45) is 0 Å². The summed E-state index contributed by atoms with van der Waals surface area (Å²) in [5.41, 5.74) is 1.35. The van der Waals surface area contributed by atoms with E-state index in [2.05, 4.69) is 15.3 Å². The Morgan fingerprint density at radius 2 is 2.21 bits per heavy atom. The Morgan fingerprint density at radius 1 is 1.37 bits per heavy atom. The Balaban J connectivity index is 1.95. The average Bonchev–Trinajstić information content (AvgIpc) is 2.77. The Labute approximate surface area is 114 Å². The van der Waals surface area contributed by atoms with E-state index >= 15 is 0 Å². The third kappa shape index (κ3) is 2.40. The second-order valence-electron chi connectivity index (χ2n) is 4.66. The minimum atomic E-state index is -1.05. The second-order valence-corrected chi connectivity index (χ2v) is 5.75. The van der Waals surface area contributed by atoms with Crippen LogP contribution < -0.4 is 10.4 Å². The summed E-state index contributed by atoms with van der Waals surface area (Å²) >= 11 is 1.73. The van der Waals surface area contributed by atoms with Gasteiger partial charge in [-0.25, -0.2) is 9.97 Å². The van der Waals surface area contributed by atoms with Crippen molar-refractivity contribution in [3.63, 3.8) is 0 Å². The summed E-state index contributed by atoms with van der Waals surface area (Å²) in [5, 5.41) is 14.6. The summed E-state index contributed by atoms with van der Waals surface area (Å²) in [4.78, 5) is 21.4. The first-order chi connectivity index (χ1) is 9.25. The van der Waals surface area contributed by atoms with Gasteiger partial charge in [0.1, 0.15) is 17.0 Å². The van der Waals surface area contributed by atoms with Gasteiger partial charge in [0.2, 0.25) is 0 Å². The van der Waals surface area contributed by atoms with Gasteiger partial charge in [0.15, 0.2) is 0 Å². The topological polar surface area (TPSA) is 77.9 Å². The number of thiophene rings is 1. The number of aromatic nitrogens is 2. The molecule has 0 amide bonds. The Bertz CT molecular complexity index is 624. The van der Waals surface area contributed by atoms with Gasteiger partial charge in [-0.15, -0.1) is 11.3 Å². The third-order valence-electron chi connectivity index (χ3n) is 3.37.